The van der Waals surface area contributed by atoms with Crippen molar-refractivity contribution in [3.8, 4) is 0 Å². The lowest BCUT2D eigenvalue weighted by Gasteiger charge is -2.40. The summed E-state index contributed by atoms with van der Waals surface area (Å²) in [5.41, 5.74) is -0.349. The Morgan fingerprint density at radius 2 is 1.45 bits per heavy atom. The maximum atomic E-state index is 14.3. The van der Waals surface area contributed by atoms with Crippen molar-refractivity contribution in [2.24, 2.45) is 21.9 Å². The largest absolute Gasteiger partial charge is 0.465 e. The fourth-order valence-corrected chi connectivity index (χ4v) is 7.99. The minimum atomic E-state index is -4.15. The topological polar surface area (TPSA) is 189 Å². The Balaban J connectivity index is 1.98. The summed E-state index contributed by atoms with van der Waals surface area (Å²) in [7, 11) is -4.15. The summed E-state index contributed by atoms with van der Waals surface area (Å²) < 4.78 is 43.1. The van der Waals surface area contributed by atoms with Crippen molar-refractivity contribution in [1.82, 2.24) is 19.8 Å². The molecular formula is C41H56FN5O8S. The van der Waals surface area contributed by atoms with Gasteiger partial charge in [0.05, 0.1) is 23.3 Å². The maximum Gasteiger partial charge on any atom is 0.408 e. The lowest BCUT2D eigenvalue weighted by Crippen LogP contribution is -2.63. The second-order valence-electron chi connectivity index (χ2n) is 16.5. The van der Waals surface area contributed by atoms with Gasteiger partial charge in [-0.05, 0) is 64.1 Å². The summed E-state index contributed by atoms with van der Waals surface area (Å²) in [4.78, 5) is 42.0. The predicted molar refractivity (Wildman–Crippen MR) is 212 cm³/mol. The van der Waals surface area contributed by atoms with Crippen molar-refractivity contribution in [3.63, 3.8) is 0 Å². The number of halogens is 1. The minimum absolute atomic E-state index is 0.0409. The van der Waals surface area contributed by atoms with E-state index in [0.717, 1.165) is 21.0 Å². The number of hydrogen-bond donors (Lipinski definition) is 5. The number of rotatable bonds is 17. The second-order valence-corrected chi connectivity index (χ2v) is 18.5. The summed E-state index contributed by atoms with van der Waals surface area (Å²) in [5, 5.41) is 39.6. The van der Waals surface area contributed by atoms with Gasteiger partial charge in [-0.25, -0.2) is 17.6 Å². The summed E-state index contributed by atoms with van der Waals surface area (Å²) in [5.74, 6) is -2.13. The van der Waals surface area contributed by atoms with Crippen LogP contribution in [0.3, 0.4) is 0 Å². The molecule has 13 nitrogen and oxygen atoms in total. The molecule has 0 fully saturated rings. The third-order valence-electron chi connectivity index (χ3n) is 9.06. The summed E-state index contributed by atoms with van der Waals surface area (Å²) in [6.07, 6.45) is -1.58. The maximum absolute atomic E-state index is 14.3. The predicted octanol–water partition coefficient (Wildman–Crippen LogP) is 5.49. The zero-order chi connectivity index (χ0) is 42.0. The van der Waals surface area contributed by atoms with Crippen LogP contribution in [-0.4, -0.2) is 94.5 Å². The van der Waals surface area contributed by atoms with Crippen LogP contribution in [0.15, 0.2) is 88.9 Å². The van der Waals surface area contributed by atoms with E-state index in [4.69, 9.17) is 5.21 Å². The molecule has 1 unspecified atom stereocenters. The number of sulfonamides is 1. The van der Waals surface area contributed by atoms with Crippen LogP contribution >= 0.6 is 0 Å². The van der Waals surface area contributed by atoms with E-state index in [-0.39, 0.29) is 36.9 Å². The quantitative estimate of drug-likeness (QED) is 0.0673. The molecule has 0 aliphatic rings. The van der Waals surface area contributed by atoms with Crippen molar-refractivity contribution in [2.45, 2.75) is 97.5 Å². The molecule has 0 saturated carbocycles. The summed E-state index contributed by atoms with van der Waals surface area (Å²) in [6, 6.07) is 16.6. The number of oxime groups is 1. The van der Waals surface area contributed by atoms with E-state index in [9.17, 15) is 37.4 Å². The SMILES string of the molecule is CC(C)CN(C[C@H](O)[C@H](Cc1ccccc1)NC(=O)[C@@H](NC(=O)C(N(Cc1cccc(F)c1)C(=O)O)C(C)(C)C)C(C)(C)C)S(=O)(=O)c1ccc(C=NO)cc1. The monoisotopic (exact) mass is 797 g/mol. The highest BCUT2D eigenvalue weighted by molar-refractivity contribution is 7.89. The smallest absolute Gasteiger partial charge is 0.408 e. The Hall–Kier alpha value is -4.86. The number of benzene rings is 3. The molecular weight excluding hydrogens is 742 g/mol. The van der Waals surface area contributed by atoms with Gasteiger partial charge >= 0.3 is 6.09 Å². The van der Waals surface area contributed by atoms with Crippen LogP contribution in [-0.2, 0) is 32.6 Å². The standard InChI is InChI=1S/C41H56FN5O8S/c1-27(2)24-46(56(54,55)32-19-17-29(18-20-32)23-43-53)26-34(48)33(22-28-13-10-9-11-14-28)44-37(49)35(40(3,4)5)45-38(50)36(41(6,7)8)47(39(51)52)25-30-15-12-16-31(42)21-30/h9-21,23,27,33-36,48,53H,22,24-26H2,1-8H3,(H,44,49)(H,45,50)(H,51,52)/t33-,34-,35+,36?/m0/s1. The molecule has 0 heterocycles. The van der Waals surface area contributed by atoms with Gasteiger partial charge in [0, 0.05) is 19.6 Å². The van der Waals surface area contributed by atoms with E-state index >= 15 is 0 Å². The van der Waals surface area contributed by atoms with Crippen LogP contribution in [0.4, 0.5) is 9.18 Å². The normalized spacial score (nSPS) is 14.6. The third-order valence-corrected chi connectivity index (χ3v) is 10.9. The van der Waals surface area contributed by atoms with E-state index in [1.807, 2.05) is 32.0 Å². The molecule has 15 heteroatoms. The molecule has 0 aliphatic heterocycles. The zero-order valence-electron chi connectivity index (χ0n) is 33.3. The number of hydrogen-bond acceptors (Lipinski definition) is 8. The Morgan fingerprint density at radius 3 is 1.96 bits per heavy atom. The van der Waals surface area contributed by atoms with Crippen LogP contribution in [0.25, 0.3) is 0 Å². The van der Waals surface area contributed by atoms with Crippen LogP contribution < -0.4 is 10.6 Å². The van der Waals surface area contributed by atoms with E-state index in [1.54, 1.807) is 59.7 Å². The van der Waals surface area contributed by atoms with E-state index in [1.165, 1.54) is 42.5 Å². The molecule has 5 N–H and O–H groups in total. The molecule has 0 aliphatic carbocycles. The van der Waals surface area contributed by atoms with Gasteiger partial charge in [0.25, 0.3) is 0 Å². The van der Waals surface area contributed by atoms with Gasteiger partial charge in [-0.1, -0.05) is 115 Å². The number of aliphatic hydroxyl groups is 1. The number of carbonyl (C=O) groups is 3. The lowest BCUT2D eigenvalue weighted by atomic mass is 9.82. The van der Waals surface area contributed by atoms with Crippen molar-refractivity contribution in [1.29, 1.82) is 0 Å². The van der Waals surface area contributed by atoms with Crippen molar-refractivity contribution < 1.29 is 42.6 Å². The van der Waals surface area contributed by atoms with Gasteiger partial charge in [-0.2, -0.15) is 4.31 Å². The van der Waals surface area contributed by atoms with Gasteiger partial charge in [-0.15, -0.1) is 0 Å². The number of carboxylic acid groups (broad SMARTS) is 1. The molecule has 0 bridgehead atoms. The van der Waals surface area contributed by atoms with Gasteiger partial charge in [-0.3, -0.25) is 14.5 Å². The first kappa shape index (κ1) is 45.5. The zero-order valence-corrected chi connectivity index (χ0v) is 34.1. The van der Waals surface area contributed by atoms with Gasteiger partial charge < -0.3 is 26.1 Å². The van der Waals surface area contributed by atoms with Gasteiger partial charge in [0.2, 0.25) is 21.8 Å². The molecule has 0 saturated heterocycles. The van der Waals surface area contributed by atoms with Gasteiger partial charge in [0.15, 0.2) is 0 Å². The van der Waals surface area contributed by atoms with E-state index in [0.29, 0.717) is 11.1 Å². The van der Waals surface area contributed by atoms with Gasteiger partial charge in [0.1, 0.15) is 17.9 Å². The molecule has 56 heavy (non-hydrogen) atoms. The van der Waals surface area contributed by atoms with Crippen molar-refractivity contribution in [3.05, 3.63) is 101 Å². The first-order valence-corrected chi connectivity index (χ1v) is 19.8. The Bertz CT molecular complexity index is 1910. The number of nitrogens with one attached hydrogen (secondary N) is 2. The highest BCUT2D eigenvalue weighted by Crippen LogP contribution is 2.29. The van der Waals surface area contributed by atoms with Crippen molar-refractivity contribution in [2.75, 3.05) is 13.1 Å². The Kier molecular flexibility index (Phi) is 15.7. The average Bonchev–Trinajstić information content (AvgIpc) is 3.09. The fraction of sp³-hybridized carbons (Fsp3) is 0.463. The third kappa shape index (κ3) is 12.8. The first-order valence-electron chi connectivity index (χ1n) is 18.4. The minimum Gasteiger partial charge on any atom is -0.465 e. The van der Waals surface area contributed by atoms with Crippen LogP contribution in [0, 0.1) is 22.6 Å². The molecule has 0 radical (unpaired) electrons. The van der Waals surface area contributed by atoms with E-state index in [2.05, 4.69) is 15.8 Å². The molecule has 0 aromatic heterocycles. The van der Waals surface area contributed by atoms with Crippen LogP contribution in [0.2, 0.25) is 0 Å². The fourth-order valence-electron chi connectivity index (χ4n) is 6.37. The molecule has 3 rings (SSSR count). The van der Waals surface area contributed by atoms with Crippen LogP contribution in [0.1, 0.15) is 72.1 Å². The number of amides is 3. The highest BCUT2D eigenvalue weighted by atomic mass is 32.2. The molecule has 3 aromatic carbocycles. The van der Waals surface area contributed by atoms with E-state index < -0.39 is 68.8 Å². The number of aliphatic hydroxyl groups excluding tert-OH is 1. The molecule has 306 valence electrons. The molecule has 4 atom stereocenters. The molecule has 3 amide bonds. The van der Waals surface area contributed by atoms with Crippen molar-refractivity contribution >= 4 is 34.1 Å². The second kappa shape index (κ2) is 19.3. The lowest BCUT2D eigenvalue weighted by molar-refractivity contribution is -0.137. The molecule has 3 aromatic rings. The highest BCUT2D eigenvalue weighted by Gasteiger charge is 2.43. The Labute approximate surface area is 329 Å². The summed E-state index contributed by atoms with van der Waals surface area (Å²) >= 11 is 0. The summed E-state index contributed by atoms with van der Waals surface area (Å²) in [6.45, 7) is 13.3. The number of carbonyl (C=O) groups excluding carboxylic acids is 2. The van der Waals surface area contributed by atoms with Crippen LogP contribution in [0.5, 0.6) is 0 Å². The Morgan fingerprint density at radius 1 is 0.839 bits per heavy atom. The molecule has 0 spiro atoms. The average molecular weight is 798 g/mol. The first-order chi connectivity index (χ1) is 26.0. The number of nitrogens with zero attached hydrogens (tertiary/aromatic N) is 3.